The average Bonchev–Trinajstić information content (AvgIpc) is 2.99. The Morgan fingerprint density at radius 1 is 1.28 bits per heavy atom. The maximum absolute atomic E-state index is 12.2. The number of aryl methyl sites for hydroxylation is 2. The highest BCUT2D eigenvalue weighted by atomic mass is 16.5. The van der Waals surface area contributed by atoms with Crippen molar-refractivity contribution in [2.24, 2.45) is 5.92 Å². The molecule has 0 radical (unpaired) electrons. The second-order valence-electron chi connectivity index (χ2n) is 7.03. The first kappa shape index (κ1) is 19.4. The number of hydrogen-bond acceptors (Lipinski definition) is 5. The number of nitrogens with zero attached hydrogens (tertiary/aromatic N) is 2. The summed E-state index contributed by atoms with van der Waals surface area (Å²) in [6.07, 6.45) is 9.25. The van der Waals surface area contributed by atoms with Crippen molar-refractivity contribution < 1.29 is 19.2 Å². The third kappa shape index (κ3) is 7.67. The van der Waals surface area contributed by atoms with E-state index in [9.17, 15) is 9.59 Å². The fourth-order valence-electron chi connectivity index (χ4n) is 3.51. The summed E-state index contributed by atoms with van der Waals surface area (Å²) in [6.45, 7) is 1.76. The van der Waals surface area contributed by atoms with Crippen LogP contribution in [0, 0.1) is 12.8 Å². The lowest BCUT2D eigenvalue weighted by atomic mass is 9.84. The Hall–Kier alpha value is -1.92. The van der Waals surface area contributed by atoms with Gasteiger partial charge in [-0.1, -0.05) is 37.3 Å². The van der Waals surface area contributed by atoms with Crippen LogP contribution >= 0.6 is 0 Å². The predicted molar refractivity (Wildman–Crippen MR) is 92.0 cm³/mol. The van der Waals surface area contributed by atoms with Crippen molar-refractivity contribution in [3.05, 3.63) is 11.7 Å². The van der Waals surface area contributed by atoms with E-state index in [1.165, 1.54) is 32.1 Å². The third-order valence-electron chi connectivity index (χ3n) is 4.78. The molecule has 1 atom stereocenters. The Morgan fingerprint density at radius 2 is 2.04 bits per heavy atom. The second-order valence-corrected chi connectivity index (χ2v) is 7.03. The summed E-state index contributed by atoms with van der Waals surface area (Å²) in [4.78, 5) is 27.2. The van der Waals surface area contributed by atoms with E-state index in [4.69, 9.17) is 9.63 Å². The Balaban J connectivity index is 1.75. The summed E-state index contributed by atoms with van der Waals surface area (Å²) in [7, 11) is 0. The summed E-state index contributed by atoms with van der Waals surface area (Å²) >= 11 is 0. The molecular weight excluding hydrogens is 322 g/mol. The van der Waals surface area contributed by atoms with Crippen LogP contribution in [0.4, 0.5) is 0 Å². The summed E-state index contributed by atoms with van der Waals surface area (Å²) < 4.78 is 5.03. The second kappa shape index (κ2) is 10.2. The van der Waals surface area contributed by atoms with Gasteiger partial charge in [0.2, 0.25) is 11.8 Å². The molecule has 0 aliphatic heterocycles. The van der Waals surface area contributed by atoms with E-state index in [1.807, 2.05) is 0 Å². The largest absolute Gasteiger partial charge is 0.481 e. The zero-order valence-corrected chi connectivity index (χ0v) is 15.0. The minimum Gasteiger partial charge on any atom is -0.481 e. The number of hydrogen-bond donors (Lipinski definition) is 2. The predicted octanol–water partition coefficient (Wildman–Crippen LogP) is 3.02. The number of aromatic nitrogens is 2. The minimum absolute atomic E-state index is 0.0255. The normalized spacial score (nSPS) is 16.5. The van der Waals surface area contributed by atoms with E-state index in [0.29, 0.717) is 43.3 Å². The maximum Gasteiger partial charge on any atom is 0.303 e. The van der Waals surface area contributed by atoms with Gasteiger partial charge in [0, 0.05) is 25.3 Å². The Labute approximate surface area is 148 Å². The van der Waals surface area contributed by atoms with E-state index in [-0.39, 0.29) is 18.4 Å². The van der Waals surface area contributed by atoms with Gasteiger partial charge in [-0.05, 0) is 32.1 Å². The van der Waals surface area contributed by atoms with E-state index in [0.717, 1.165) is 6.42 Å². The number of aliphatic carboxylic acids is 1. The molecule has 1 aromatic rings. The molecule has 0 spiro atoms. The zero-order valence-electron chi connectivity index (χ0n) is 15.0. The number of rotatable bonds is 10. The first-order valence-corrected chi connectivity index (χ1v) is 9.33. The van der Waals surface area contributed by atoms with Gasteiger partial charge >= 0.3 is 5.97 Å². The highest BCUT2D eigenvalue weighted by molar-refractivity contribution is 5.76. The first-order valence-electron chi connectivity index (χ1n) is 9.33. The molecule has 0 saturated heterocycles. The lowest BCUT2D eigenvalue weighted by Gasteiger charge is -2.27. The third-order valence-corrected chi connectivity index (χ3v) is 4.78. The molecule has 1 aliphatic carbocycles. The highest BCUT2D eigenvalue weighted by Gasteiger charge is 2.21. The van der Waals surface area contributed by atoms with Gasteiger partial charge in [-0.15, -0.1) is 0 Å². The number of nitrogens with one attached hydrogen (secondary N) is 1. The van der Waals surface area contributed by atoms with Gasteiger partial charge in [0.15, 0.2) is 5.82 Å². The van der Waals surface area contributed by atoms with Gasteiger partial charge in [0.05, 0.1) is 0 Å². The molecule has 25 heavy (non-hydrogen) atoms. The number of carbonyl (C=O) groups is 2. The molecule has 1 unspecified atom stereocenters. The topological polar surface area (TPSA) is 105 Å². The molecule has 1 aromatic heterocycles. The van der Waals surface area contributed by atoms with Crippen LogP contribution in [-0.2, 0) is 16.0 Å². The first-order chi connectivity index (χ1) is 12.0. The van der Waals surface area contributed by atoms with E-state index in [1.54, 1.807) is 6.92 Å². The SMILES string of the molecule is Cc1noc(CCCC(=O)NC(CCC(=O)O)CC2CCCCC2)n1. The van der Waals surface area contributed by atoms with Crippen molar-refractivity contribution in [3.8, 4) is 0 Å². The number of carboxylic acid groups (broad SMARTS) is 1. The molecule has 1 fully saturated rings. The Kier molecular flexibility index (Phi) is 7.88. The number of carboxylic acids is 1. The molecule has 7 nitrogen and oxygen atoms in total. The summed E-state index contributed by atoms with van der Waals surface area (Å²) in [6, 6.07) is -0.0441. The molecule has 0 bridgehead atoms. The number of amides is 1. The quantitative estimate of drug-likeness (QED) is 0.671. The van der Waals surface area contributed by atoms with Crippen molar-refractivity contribution in [2.45, 2.75) is 83.6 Å². The molecule has 1 saturated carbocycles. The molecule has 1 amide bonds. The van der Waals surface area contributed by atoms with Gasteiger partial charge in [-0.3, -0.25) is 9.59 Å². The van der Waals surface area contributed by atoms with Crippen LogP contribution in [-0.4, -0.2) is 33.2 Å². The molecule has 0 aromatic carbocycles. The Morgan fingerprint density at radius 3 is 2.68 bits per heavy atom. The van der Waals surface area contributed by atoms with E-state index in [2.05, 4.69) is 15.5 Å². The molecule has 2 N–H and O–H groups in total. The van der Waals surface area contributed by atoms with Crippen LogP contribution in [0.2, 0.25) is 0 Å². The summed E-state index contributed by atoms with van der Waals surface area (Å²) in [5.74, 6) is 0.918. The van der Waals surface area contributed by atoms with Gasteiger partial charge < -0.3 is 14.9 Å². The van der Waals surface area contributed by atoms with Crippen molar-refractivity contribution >= 4 is 11.9 Å². The van der Waals surface area contributed by atoms with Crippen LogP contribution in [0.5, 0.6) is 0 Å². The fourth-order valence-corrected chi connectivity index (χ4v) is 3.51. The zero-order chi connectivity index (χ0) is 18.1. The van der Waals surface area contributed by atoms with Crippen molar-refractivity contribution in [1.82, 2.24) is 15.5 Å². The fraction of sp³-hybridized carbons (Fsp3) is 0.778. The standard InChI is InChI=1S/C18H29N3O4/c1-13-19-17(25-21-13)9-5-8-16(22)20-15(10-11-18(23)24)12-14-6-3-2-4-7-14/h14-15H,2-12H2,1H3,(H,20,22)(H,23,24). The van der Waals surface area contributed by atoms with E-state index < -0.39 is 5.97 Å². The van der Waals surface area contributed by atoms with Crippen LogP contribution in [0.25, 0.3) is 0 Å². The van der Waals surface area contributed by atoms with Gasteiger partial charge in [0.25, 0.3) is 0 Å². The summed E-state index contributed by atoms with van der Waals surface area (Å²) in [5.41, 5.74) is 0. The molecule has 140 valence electrons. The Bertz CT molecular complexity index is 552. The minimum atomic E-state index is -0.811. The van der Waals surface area contributed by atoms with Crippen molar-refractivity contribution in [1.29, 1.82) is 0 Å². The van der Waals surface area contributed by atoms with Gasteiger partial charge in [0.1, 0.15) is 0 Å². The average molecular weight is 351 g/mol. The van der Waals surface area contributed by atoms with Crippen molar-refractivity contribution in [2.75, 3.05) is 0 Å². The van der Waals surface area contributed by atoms with Crippen LogP contribution in [0.3, 0.4) is 0 Å². The van der Waals surface area contributed by atoms with Crippen LogP contribution in [0.1, 0.15) is 75.9 Å². The van der Waals surface area contributed by atoms with Gasteiger partial charge in [-0.2, -0.15) is 4.98 Å². The lowest BCUT2D eigenvalue weighted by Crippen LogP contribution is -2.37. The van der Waals surface area contributed by atoms with Crippen LogP contribution in [0.15, 0.2) is 4.52 Å². The maximum atomic E-state index is 12.2. The van der Waals surface area contributed by atoms with Crippen LogP contribution < -0.4 is 5.32 Å². The summed E-state index contributed by atoms with van der Waals surface area (Å²) in [5, 5.41) is 15.7. The molecule has 2 rings (SSSR count). The molecule has 7 heteroatoms. The van der Waals surface area contributed by atoms with Crippen molar-refractivity contribution in [3.63, 3.8) is 0 Å². The smallest absolute Gasteiger partial charge is 0.303 e. The molecule has 1 heterocycles. The van der Waals surface area contributed by atoms with E-state index >= 15 is 0 Å². The lowest BCUT2D eigenvalue weighted by molar-refractivity contribution is -0.137. The number of carbonyl (C=O) groups excluding carboxylic acids is 1. The monoisotopic (exact) mass is 351 g/mol. The molecule has 1 aliphatic rings. The van der Waals surface area contributed by atoms with Gasteiger partial charge in [-0.25, -0.2) is 0 Å². The molecular formula is C18H29N3O4. The highest BCUT2D eigenvalue weighted by Crippen LogP contribution is 2.28.